The van der Waals surface area contributed by atoms with Gasteiger partial charge in [0.25, 0.3) is 0 Å². The first-order chi connectivity index (χ1) is 9.56. The molecule has 4 nitrogen and oxygen atoms in total. The first-order valence-corrected chi connectivity index (χ1v) is 6.46. The molecule has 0 N–H and O–H groups in total. The zero-order valence-electron chi connectivity index (χ0n) is 11.6. The molecule has 0 aliphatic rings. The summed E-state index contributed by atoms with van der Waals surface area (Å²) in [6.45, 7) is 2.20. The number of aryl methyl sites for hydroxylation is 2. The second-order valence-electron chi connectivity index (χ2n) is 4.77. The lowest BCUT2D eigenvalue weighted by atomic mass is 10.1. The highest BCUT2D eigenvalue weighted by Gasteiger charge is 2.12. The van der Waals surface area contributed by atoms with Crippen molar-refractivity contribution in [2.24, 2.45) is 0 Å². The van der Waals surface area contributed by atoms with Crippen molar-refractivity contribution >= 4 is 5.91 Å². The van der Waals surface area contributed by atoms with Crippen molar-refractivity contribution in [2.45, 2.75) is 26.3 Å². The van der Waals surface area contributed by atoms with Crippen LogP contribution in [0.4, 0.5) is 4.39 Å². The van der Waals surface area contributed by atoms with E-state index in [-0.39, 0.29) is 18.1 Å². The Morgan fingerprint density at radius 2 is 2.15 bits per heavy atom. The average molecular weight is 276 g/mol. The van der Waals surface area contributed by atoms with Crippen molar-refractivity contribution in [3.8, 4) is 0 Å². The molecule has 20 heavy (non-hydrogen) atoms. The molecular weight excluding hydrogens is 259 g/mol. The van der Waals surface area contributed by atoms with Crippen LogP contribution in [0.2, 0.25) is 0 Å². The average Bonchev–Trinajstić information content (AvgIpc) is 2.82. The van der Waals surface area contributed by atoms with E-state index in [2.05, 4.69) is 5.16 Å². The maximum Gasteiger partial charge on any atom is 0.222 e. The molecule has 0 aliphatic carbocycles. The molecule has 2 rings (SSSR count). The van der Waals surface area contributed by atoms with Crippen LogP contribution in [0, 0.1) is 12.7 Å². The second-order valence-corrected chi connectivity index (χ2v) is 4.77. The van der Waals surface area contributed by atoms with Crippen LogP contribution in [0.5, 0.6) is 0 Å². The summed E-state index contributed by atoms with van der Waals surface area (Å²) >= 11 is 0. The summed E-state index contributed by atoms with van der Waals surface area (Å²) in [6.07, 6.45) is 0.669. The summed E-state index contributed by atoms with van der Waals surface area (Å²) in [6, 6.07) is 8.30. The van der Waals surface area contributed by atoms with Crippen LogP contribution in [0.1, 0.15) is 23.4 Å². The number of hydrogen-bond donors (Lipinski definition) is 0. The highest BCUT2D eigenvalue weighted by Crippen LogP contribution is 2.11. The Kier molecular flexibility index (Phi) is 4.50. The van der Waals surface area contributed by atoms with Gasteiger partial charge in [0.15, 0.2) is 0 Å². The number of benzene rings is 1. The van der Waals surface area contributed by atoms with Crippen molar-refractivity contribution in [3.63, 3.8) is 0 Å². The topological polar surface area (TPSA) is 46.3 Å². The first-order valence-electron chi connectivity index (χ1n) is 6.46. The van der Waals surface area contributed by atoms with Gasteiger partial charge in [-0.05, 0) is 25.0 Å². The molecule has 2 aromatic rings. The molecule has 0 saturated carbocycles. The van der Waals surface area contributed by atoms with E-state index in [0.717, 1.165) is 0 Å². The van der Waals surface area contributed by atoms with Gasteiger partial charge in [0.2, 0.25) is 5.91 Å². The van der Waals surface area contributed by atoms with E-state index in [1.807, 2.05) is 0 Å². The monoisotopic (exact) mass is 276 g/mol. The molecule has 1 aromatic heterocycles. The van der Waals surface area contributed by atoms with Crippen LogP contribution in [-0.2, 0) is 17.8 Å². The zero-order chi connectivity index (χ0) is 14.5. The number of carbonyl (C=O) groups excluding carboxylic acids is 1. The Hall–Kier alpha value is -2.17. The van der Waals surface area contributed by atoms with Crippen molar-refractivity contribution in [2.75, 3.05) is 7.05 Å². The minimum absolute atomic E-state index is 0.0473. The predicted molar refractivity (Wildman–Crippen MR) is 72.4 cm³/mol. The van der Waals surface area contributed by atoms with Crippen LogP contribution in [0.15, 0.2) is 34.9 Å². The van der Waals surface area contributed by atoms with E-state index in [4.69, 9.17) is 4.52 Å². The molecule has 0 saturated heterocycles. The summed E-state index contributed by atoms with van der Waals surface area (Å²) in [5.74, 6) is 0.399. The minimum atomic E-state index is -0.268. The Morgan fingerprint density at radius 3 is 2.80 bits per heavy atom. The highest BCUT2D eigenvalue weighted by atomic mass is 19.1. The fourth-order valence-electron chi connectivity index (χ4n) is 1.96. The van der Waals surface area contributed by atoms with Gasteiger partial charge in [0, 0.05) is 19.5 Å². The SMILES string of the molecule is Cc1cc(CN(C)C(=O)CCc2ccccc2F)no1. The number of nitrogens with zero attached hydrogens (tertiary/aromatic N) is 2. The maximum atomic E-state index is 13.4. The molecule has 1 aromatic carbocycles. The molecule has 0 radical (unpaired) electrons. The first kappa shape index (κ1) is 14.2. The molecule has 5 heteroatoms. The summed E-state index contributed by atoms with van der Waals surface area (Å²) in [4.78, 5) is 13.6. The van der Waals surface area contributed by atoms with E-state index < -0.39 is 0 Å². The lowest BCUT2D eigenvalue weighted by Gasteiger charge is -2.15. The second kappa shape index (κ2) is 6.32. The molecule has 0 aliphatic heterocycles. The van der Waals surface area contributed by atoms with Gasteiger partial charge in [0.1, 0.15) is 17.3 Å². The Labute approximate surface area is 117 Å². The van der Waals surface area contributed by atoms with Gasteiger partial charge in [-0.2, -0.15) is 0 Å². The van der Waals surface area contributed by atoms with Crippen molar-refractivity contribution in [1.82, 2.24) is 10.1 Å². The van der Waals surface area contributed by atoms with Crippen molar-refractivity contribution in [3.05, 3.63) is 53.2 Å². The number of carbonyl (C=O) groups is 1. The molecule has 1 amide bonds. The van der Waals surface area contributed by atoms with E-state index in [1.165, 1.54) is 6.07 Å². The quantitative estimate of drug-likeness (QED) is 0.843. The van der Waals surface area contributed by atoms with Gasteiger partial charge in [-0.25, -0.2) is 4.39 Å². The predicted octanol–water partition coefficient (Wildman–Crippen LogP) is 2.71. The molecular formula is C15H17FN2O2. The van der Waals surface area contributed by atoms with Crippen LogP contribution in [-0.4, -0.2) is 23.0 Å². The fourth-order valence-corrected chi connectivity index (χ4v) is 1.96. The Balaban J connectivity index is 1.87. The summed E-state index contributed by atoms with van der Waals surface area (Å²) < 4.78 is 18.4. The number of rotatable bonds is 5. The van der Waals surface area contributed by atoms with E-state index in [1.54, 1.807) is 43.1 Å². The normalized spacial score (nSPS) is 10.6. The lowest BCUT2D eigenvalue weighted by Crippen LogP contribution is -2.26. The summed E-state index contributed by atoms with van der Waals surface area (Å²) in [5, 5.41) is 3.84. The molecule has 0 atom stereocenters. The number of amides is 1. The summed E-state index contributed by atoms with van der Waals surface area (Å²) in [5.41, 5.74) is 1.27. The van der Waals surface area contributed by atoms with Gasteiger partial charge in [-0.1, -0.05) is 23.4 Å². The minimum Gasteiger partial charge on any atom is -0.361 e. The van der Waals surface area contributed by atoms with Crippen LogP contribution < -0.4 is 0 Å². The third-order valence-electron chi connectivity index (χ3n) is 3.07. The van der Waals surface area contributed by atoms with Gasteiger partial charge in [-0.3, -0.25) is 4.79 Å². The zero-order valence-corrected chi connectivity index (χ0v) is 11.6. The van der Waals surface area contributed by atoms with Gasteiger partial charge in [-0.15, -0.1) is 0 Å². The van der Waals surface area contributed by atoms with Gasteiger partial charge >= 0.3 is 0 Å². The molecule has 0 bridgehead atoms. The van der Waals surface area contributed by atoms with E-state index >= 15 is 0 Å². The smallest absolute Gasteiger partial charge is 0.222 e. The number of halogens is 1. The molecule has 106 valence electrons. The van der Waals surface area contributed by atoms with Gasteiger partial charge in [0.05, 0.1) is 6.54 Å². The highest BCUT2D eigenvalue weighted by molar-refractivity contribution is 5.76. The number of hydrogen-bond acceptors (Lipinski definition) is 3. The van der Waals surface area contributed by atoms with Crippen LogP contribution in [0.3, 0.4) is 0 Å². The van der Waals surface area contributed by atoms with Crippen LogP contribution >= 0.6 is 0 Å². The third kappa shape index (κ3) is 3.66. The van der Waals surface area contributed by atoms with Crippen molar-refractivity contribution in [1.29, 1.82) is 0 Å². The van der Waals surface area contributed by atoms with E-state index in [9.17, 15) is 9.18 Å². The van der Waals surface area contributed by atoms with Crippen molar-refractivity contribution < 1.29 is 13.7 Å². The van der Waals surface area contributed by atoms with Crippen LogP contribution in [0.25, 0.3) is 0 Å². The fraction of sp³-hybridized carbons (Fsp3) is 0.333. The summed E-state index contributed by atoms with van der Waals surface area (Å²) in [7, 11) is 1.70. The Morgan fingerprint density at radius 1 is 1.40 bits per heavy atom. The molecule has 0 spiro atoms. The third-order valence-corrected chi connectivity index (χ3v) is 3.07. The number of aromatic nitrogens is 1. The molecule has 0 unspecified atom stereocenters. The van der Waals surface area contributed by atoms with Gasteiger partial charge < -0.3 is 9.42 Å². The lowest BCUT2D eigenvalue weighted by molar-refractivity contribution is -0.130. The Bertz CT molecular complexity index is 595. The molecule has 1 heterocycles. The van der Waals surface area contributed by atoms with E-state index in [0.29, 0.717) is 30.0 Å². The molecule has 0 fully saturated rings. The standard InChI is InChI=1S/C15H17FN2O2/c1-11-9-13(17-20-11)10-18(2)15(19)8-7-12-5-3-4-6-14(12)16/h3-6,9H,7-8,10H2,1-2H3. The largest absolute Gasteiger partial charge is 0.361 e. The maximum absolute atomic E-state index is 13.4.